The fourth-order valence-corrected chi connectivity index (χ4v) is 15.7. The number of aryl methyl sites for hydroxylation is 5. The summed E-state index contributed by atoms with van der Waals surface area (Å²) >= 11 is 0. The van der Waals surface area contributed by atoms with Crippen molar-refractivity contribution in [3.8, 4) is 0 Å². The van der Waals surface area contributed by atoms with E-state index in [1.807, 2.05) is 0 Å². The third kappa shape index (κ3) is 9.56. The molecule has 5 aromatic carbocycles. The number of hydrogen-bond acceptors (Lipinski definition) is 2. The Bertz CT molecular complexity index is 2240. The second kappa shape index (κ2) is 19.6. The summed E-state index contributed by atoms with van der Waals surface area (Å²) in [7, 11) is -2.75. The largest absolute Gasteiger partial charge is 3.00 e. The second-order valence-corrected chi connectivity index (χ2v) is 21.6. The molecule has 4 bridgehead atoms. The molecule has 4 aliphatic carbocycles. The zero-order valence-corrected chi connectivity index (χ0v) is 39.1. The van der Waals surface area contributed by atoms with Crippen molar-refractivity contribution in [3.63, 3.8) is 0 Å². The molecule has 1 N–H and O–H groups in total. The summed E-state index contributed by atoms with van der Waals surface area (Å²) in [5, 5.41) is 19.0. The molecule has 0 heterocycles. The van der Waals surface area contributed by atoms with Crippen molar-refractivity contribution >= 4 is 45.7 Å². The second-order valence-electron chi connectivity index (χ2n) is 18.7. The van der Waals surface area contributed by atoms with E-state index >= 15 is 0 Å². The minimum Gasteiger partial charge on any atom is -0.657 e. The van der Waals surface area contributed by atoms with Gasteiger partial charge in [-0.1, -0.05) is 170 Å². The molecule has 0 spiro atoms. The van der Waals surface area contributed by atoms with Crippen LogP contribution in [0.25, 0.3) is 10.6 Å². The molecule has 4 aliphatic rings. The summed E-state index contributed by atoms with van der Waals surface area (Å²) in [6.07, 6.45) is 15.6. The summed E-state index contributed by atoms with van der Waals surface area (Å²) in [5.74, 6) is 2.34. The van der Waals surface area contributed by atoms with E-state index in [2.05, 4.69) is 150 Å². The molecule has 0 aliphatic heterocycles. The monoisotopic (exact) mass is 858 g/mol. The Morgan fingerprint density at radius 3 is 1.67 bits per heavy atom. The van der Waals surface area contributed by atoms with Crippen molar-refractivity contribution in [2.75, 3.05) is 6.54 Å². The molecule has 4 fully saturated rings. The van der Waals surface area contributed by atoms with Gasteiger partial charge in [0.2, 0.25) is 0 Å². The molecule has 6 heteroatoms. The number of rotatable bonds is 17. The number of nitrogens with one attached hydrogen (secondary N) is 1. The van der Waals surface area contributed by atoms with E-state index in [-0.39, 0.29) is 22.6 Å². The van der Waals surface area contributed by atoms with Gasteiger partial charge in [-0.2, -0.15) is 0 Å². The van der Waals surface area contributed by atoms with E-state index < -0.39 is 7.05 Å². The quantitative estimate of drug-likeness (QED) is 0.0565. The maximum absolute atomic E-state index is 6.61. The summed E-state index contributed by atoms with van der Waals surface area (Å²) in [5.41, 5.74) is 11.6. The molecule has 0 amide bonds. The number of para-hydroxylation sites is 2. The van der Waals surface area contributed by atoms with Gasteiger partial charge >= 0.3 is 17.1 Å². The maximum Gasteiger partial charge on any atom is 3.00 e. The van der Waals surface area contributed by atoms with Crippen molar-refractivity contribution in [3.05, 3.63) is 147 Å². The van der Waals surface area contributed by atoms with E-state index in [0.717, 1.165) is 53.6 Å². The molecule has 4 saturated carbocycles. The fourth-order valence-electron chi connectivity index (χ4n) is 11.6. The molecule has 0 unspecified atom stereocenters. The average molecular weight is 859 g/mol. The van der Waals surface area contributed by atoms with Crippen molar-refractivity contribution in [2.45, 2.75) is 131 Å². The summed E-state index contributed by atoms with van der Waals surface area (Å²) < 4.78 is 6.61. The zero-order valence-electron chi connectivity index (χ0n) is 37.1. The van der Waals surface area contributed by atoms with Gasteiger partial charge in [-0.15, -0.1) is 22.7 Å². The molecule has 5 aromatic rings. The van der Waals surface area contributed by atoms with Crippen LogP contribution < -0.4 is 21.2 Å². The predicted octanol–water partition coefficient (Wildman–Crippen LogP) is 14.8. The van der Waals surface area contributed by atoms with Crippen molar-refractivity contribution in [1.82, 2.24) is 5.32 Å². The van der Waals surface area contributed by atoms with Gasteiger partial charge in [0.25, 0.3) is 0 Å². The molecular formula is C54H67FeN4P+. The van der Waals surface area contributed by atoms with Crippen LogP contribution in [0.2, 0.25) is 0 Å². The van der Waals surface area contributed by atoms with Gasteiger partial charge in [0.05, 0.1) is 12.6 Å². The Hall–Kier alpha value is -3.59. The van der Waals surface area contributed by atoms with Crippen LogP contribution in [0.3, 0.4) is 0 Å². The molecule has 4 nitrogen and oxygen atoms in total. The predicted molar refractivity (Wildman–Crippen MR) is 255 cm³/mol. The van der Waals surface area contributed by atoms with Crippen molar-refractivity contribution in [2.24, 2.45) is 22.5 Å². The van der Waals surface area contributed by atoms with Crippen LogP contribution >= 0.6 is 7.05 Å². The summed E-state index contributed by atoms with van der Waals surface area (Å²) in [4.78, 5) is 0. The number of nitrogens with zero attached hydrogens (tertiary/aromatic N) is 3. The van der Waals surface area contributed by atoms with Gasteiger partial charge in [-0.3, -0.25) is 4.74 Å². The zero-order chi connectivity index (χ0) is 41.0. The summed E-state index contributed by atoms with van der Waals surface area (Å²) in [6.45, 7) is 15.2. The first kappa shape index (κ1) is 44.5. The van der Waals surface area contributed by atoms with Gasteiger partial charge < -0.3 is 16.0 Å². The first-order valence-electron chi connectivity index (χ1n) is 22.9. The fraction of sp³-hybridized carbons (Fsp3) is 0.444. The Labute approximate surface area is 373 Å². The van der Waals surface area contributed by atoms with Crippen LogP contribution in [-0.2, 0) is 23.6 Å². The smallest absolute Gasteiger partial charge is 0.657 e. The third-order valence-corrected chi connectivity index (χ3v) is 17.5. The van der Waals surface area contributed by atoms with Gasteiger partial charge in [0.15, 0.2) is 0 Å². The molecule has 1 atom stereocenters. The van der Waals surface area contributed by atoms with Crippen LogP contribution in [-0.4, -0.2) is 12.1 Å². The molecule has 1 radical (unpaired) electrons. The molecule has 315 valence electrons. The van der Waals surface area contributed by atoms with Crippen molar-refractivity contribution in [1.29, 1.82) is 0 Å². The van der Waals surface area contributed by atoms with Crippen LogP contribution in [0.5, 0.6) is 0 Å². The first-order chi connectivity index (χ1) is 28.7. The topological polar surface area (TPSA) is 52.6 Å². The number of unbranched alkanes of at least 4 members (excludes halogenated alkanes) is 5. The van der Waals surface area contributed by atoms with E-state index in [4.69, 9.17) is 15.4 Å². The van der Waals surface area contributed by atoms with Gasteiger partial charge in [0.1, 0.15) is 0 Å². The summed E-state index contributed by atoms with van der Waals surface area (Å²) in [6, 6.07) is 38.6. The van der Waals surface area contributed by atoms with Gasteiger partial charge in [-0.05, 0) is 120 Å². The minimum absolute atomic E-state index is 0. The van der Waals surface area contributed by atoms with Gasteiger partial charge in [-0.25, -0.2) is 0 Å². The molecule has 0 aromatic heterocycles. The molecule has 0 saturated heterocycles. The average Bonchev–Trinajstić information content (AvgIpc) is 3.21. The molecular weight excluding hydrogens is 791 g/mol. The van der Waals surface area contributed by atoms with Crippen LogP contribution in [0.1, 0.15) is 117 Å². The van der Waals surface area contributed by atoms with Crippen LogP contribution in [0.4, 0.5) is 22.7 Å². The van der Waals surface area contributed by atoms with Gasteiger partial charge in [0, 0.05) is 11.8 Å². The normalized spacial score (nSPS) is 21.3. The van der Waals surface area contributed by atoms with E-state index in [0.29, 0.717) is 0 Å². The van der Waals surface area contributed by atoms with Crippen LogP contribution in [0, 0.1) is 52.4 Å². The third-order valence-electron chi connectivity index (χ3n) is 13.6. The number of benzene rings is 5. The molecule has 60 heavy (non-hydrogen) atoms. The van der Waals surface area contributed by atoms with E-state index in [1.54, 1.807) is 0 Å². The molecule has 9 rings (SSSR count). The van der Waals surface area contributed by atoms with Crippen LogP contribution in [0.15, 0.2) is 108 Å². The van der Waals surface area contributed by atoms with E-state index in [9.17, 15) is 0 Å². The Kier molecular flexibility index (Phi) is 14.5. The Balaban J connectivity index is 0.00000544. The maximum atomic E-state index is 6.61. The Morgan fingerprint density at radius 2 is 1.08 bits per heavy atom. The minimum atomic E-state index is -2.75. The number of hydrogen-bond donors (Lipinski definition) is 1. The SMILES string of the molecule is CCCCCCCCNCc1cc(C)cc(C)c1[N-]c1ccccc1[P@@](=NC12CC3CC(CC(C3)C1)C2)(c1ccccc1)c1ccccc1[N-]c1c(C)cc(C)cc1C.[Fe+3]. The first-order valence-corrected chi connectivity index (χ1v) is 24.6. The van der Waals surface area contributed by atoms with E-state index in [1.165, 1.54) is 126 Å². The standard InChI is InChI=1S/C54H67N4P.Fe/c1-7-8-9-10-11-19-26-55-37-46-30-39(3)29-42(6)53(46)57-49-23-16-18-25-51(49)59(47-20-13-12-14-21-47,58-54-34-43-31-44(35-54)33-45(32-43)36-54)50-24-17-15-22-48(50)56-52-40(4)27-38(2)28-41(52)5;/h12-18,20-25,27-30,43-45,55H,7-11,19,26,31-37H2,1-6H3;/q-2;+3/t43?,44?,45?,54?,59-;/m1./s1. The van der Waals surface area contributed by atoms with Crippen molar-refractivity contribution < 1.29 is 17.1 Å². The Morgan fingerprint density at radius 1 is 0.600 bits per heavy atom.